The summed E-state index contributed by atoms with van der Waals surface area (Å²) in [5, 5.41) is 6.03. The third-order valence-electron chi connectivity index (χ3n) is 3.10. The molecule has 118 valence electrons. The number of anilines is 1. The lowest BCUT2D eigenvalue weighted by molar-refractivity contribution is -0.119. The number of hydrogen-bond donors (Lipinski definition) is 2. The molecule has 2 N–H and O–H groups in total. The summed E-state index contributed by atoms with van der Waals surface area (Å²) in [7, 11) is 3.14. The first-order valence-electron chi connectivity index (χ1n) is 6.57. The van der Waals surface area contributed by atoms with Crippen LogP contribution in [0.15, 0.2) is 18.2 Å². The monoisotopic (exact) mass is 316 g/mol. The van der Waals surface area contributed by atoms with Gasteiger partial charge in [-0.3, -0.25) is 4.79 Å². The second kappa shape index (κ2) is 8.71. The van der Waals surface area contributed by atoms with Crippen LogP contribution in [-0.2, 0) is 9.53 Å². The second-order valence-electron chi connectivity index (χ2n) is 4.52. The molecule has 6 nitrogen and oxygen atoms in total. The van der Waals surface area contributed by atoms with Gasteiger partial charge in [-0.2, -0.15) is 0 Å². The zero-order chi connectivity index (χ0) is 14.4. The van der Waals surface area contributed by atoms with Gasteiger partial charge in [0.15, 0.2) is 0 Å². The smallest absolute Gasteiger partial charge is 0.227 e. The molecular weight excluding hydrogens is 296 g/mol. The zero-order valence-electron chi connectivity index (χ0n) is 12.2. The average Bonchev–Trinajstić information content (AvgIpc) is 2.48. The van der Waals surface area contributed by atoms with Gasteiger partial charge >= 0.3 is 0 Å². The number of benzene rings is 1. The van der Waals surface area contributed by atoms with E-state index >= 15 is 0 Å². The molecule has 1 amide bonds. The first kappa shape index (κ1) is 17.6. The van der Waals surface area contributed by atoms with E-state index in [1.54, 1.807) is 32.4 Å². The van der Waals surface area contributed by atoms with Crippen LogP contribution in [0.3, 0.4) is 0 Å². The van der Waals surface area contributed by atoms with E-state index < -0.39 is 0 Å². The maximum atomic E-state index is 12.0. The molecule has 1 heterocycles. The van der Waals surface area contributed by atoms with Gasteiger partial charge in [-0.1, -0.05) is 0 Å². The van der Waals surface area contributed by atoms with Crippen molar-refractivity contribution in [2.75, 3.05) is 39.2 Å². The Morgan fingerprint density at radius 3 is 2.86 bits per heavy atom. The molecule has 0 aromatic heterocycles. The molecule has 0 aliphatic carbocycles. The normalized spacial score (nSPS) is 17.5. The molecule has 1 aliphatic rings. The van der Waals surface area contributed by atoms with E-state index in [1.165, 1.54) is 0 Å². The van der Waals surface area contributed by atoms with E-state index in [-0.39, 0.29) is 24.4 Å². The molecule has 2 rings (SSSR count). The van der Waals surface area contributed by atoms with Gasteiger partial charge in [0.2, 0.25) is 5.91 Å². The van der Waals surface area contributed by atoms with Crippen LogP contribution in [0, 0.1) is 0 Å². The fourth-order valence-electron chi connectivity index (χ4n) is 2.07. The number of amides is 1. The second-order valence-corrected chi connectivity index (χ2v) is 4.52. The Morgan fingerprint density at radius 1 is 1.43 bits per heavy atom. The van der Waals surface area contributed by atoms with E-state index in [2.05, 4.69) is 10.6 Å². The number of carbonyl (C=O) groups excluding carboxylic acids is 1. The molecule has 1 fully saturated rings. The third kappa shape index (κ3) is 5.08. The molecule has 1 aromatic rings. The molecule has 0 saturated carbocycles. The number of halogens is 1. The van der Waals surface area contributed by atoms with Gasteiger partial charge in [-0.05, 0) is 12.1 Å². The van der Waals surface area contributed by atoms with Crippen LogP contribution < -0.4 is 20.1 Å². The van der Waals surface area contributed by atoms with Crippen LogP contribution in [0.4, 0.5) is 5.69 Å². The fraction of sp³-hybridized carbons (Fsp3) is 0.500. The highest BCUT2D eigenvalue weighted by Gasteiger charge is 2.18. The van der Waals surface area contributed by atoms with Crippen LogP contribution in [0.1, 0.15) is 6.42 Å². The van der Waals surface area contributed by atoms with Crippen molar-refractivity contribution in [1.29, 1.82) is 0 Å². The minimum atomic E-state index is -0.106. The van der Waals surface area contributed by atoms with E-state index in [4.69, 9.17) is 14.2 Å². The fourth-order valence-corrected chi connectivity index (χ4v) is 2.07. The summed E-state index contributed by atoms with van der Waals surface area (Å²) in [6.45, 7) is 2.17. The van der Waals surface area contributed by atoms with Gasteiger partial charge in [0.05, 0.1) is 39.0 Å². The van der Waals surface area contributed by atoms with Crippen molar-refractivity contribution in [1.82, 2.24) is 5.32 Å². The van der Waals surface area contributed by atoms with E-state index in [0.29, 0.717) is 36.8 Å². The Balaban J connectivity index is 0.00000220. The predicted molar refractivity (Wildman–Crippen MR) is 82.7 cm³/mol. The summed E-state index contributed by atoms with van der Waals surface area (Å²) >= 11 is 0. The number of nitrogens with one attached hydrogen (secondary N) is 2. The van der Waals surface area contributed by atoms with Crippen LogP contribution in [0.5, 0.6) is 11.5 Å². The maximum Gasteiger partial charge on any atom is 0.227 e. The summed E-state index contributed by atoms with van der Waals surface area (Å²) in [6, 6.07) is 5.27. The van der Waals surface area contributed by atoms with Gasteiger partial charge in [0, 0.05) is 19.2 Å². The van der Waals surface area contributed by atoms with Crippen molar-refractivity contribution in [2.24, 2.45) is 0 Å². The Kier molecular flexibility index (Phi) is 7.28. The number of ether oxygens (including phenoxy) is 3. The molecule has 0 bridgehead atoms. The number of carbonyl (C=O) groups is 1. The highest BCUT2D eigenvalue weighted by atomic mass is 35.5. The number of morpholine rings is 1. The number of methoxy groups -OCH3 is 2. The van der Waals surface area contributed by atoms with Crippen molar-refractivity contribution in [2.45, 2.75) is 12.5 Å². The molecule has 0 radical (unpaired) electrons. The number of rotatable bonds is 5. The summed E-state index contributed by atoms with van der Waals surface area (Å²) < 4.78 is 15.9. The van der Waals surface area contributed by atoms with Crippen molar-refractivity contribution in [3.05, 3.63) is 18.2 Å². The molecule has 0 spiro atoms. The summed E-state index contributed by atoms with van der Waals surface area (Å²) in [5.74, 6) is 1.16. The van der Waals surface area contributed by atoms with Crippen molar-refractivity contribution in [3.63, 3.8) is 0 Å². The standard InChI is InChI=1S/C14H20N2O4.ClH/c1-18-10-3-4-13(19-2)12(7-10)16-14(17)8-11-9-15-5-6-20-11;/h3-4,7,11,15H,5-6,8-9H2,1-2H3,(H,16,17);1H. The molecular formula is C14H21ClN2O4. The van der Waals surface area contributed by atoms with Gasteiger partial charge < -0.3 is 24.8 Å². The molecule has 1 aromatic carbocycles. The first-order valence-corrected chi connectivity index (χ1v) is 6.57. The quantitative estimate of drug-likeness (QED) is 0.860. The minimum Gasteiger partial charge on any atom is -0.497 e. The maximum absolute atomic E-state index is 12.0. The largest absolute Gasteiger partial charge is 0.497 e. The summed E-state index contributed by atoms with van der Waals surface area (Å²) in [5.41, 5.74) is 0.598. The van der Waals surface area contributed by atoms with Crippen molar-refractivity contribution >= 4 is 24.0 Å². The van der Waals surface area contributed by atoms with Crippen LogP contribution in [-0.4, -0.2) is 45.9 Å². The Morgan fingerprint density at radius 2 is 2.24 bits per heavy atom. The topological polar surface area (TPSA) is 68.8 Å². The average molecular weight is 317 g/mol. The lowest BCUT2D eigenvalue weighted by Gasteiger charge is -2.23. The lowest BCUT2D eigenvalue weighted by atomic mass is 10.2. The highest BCUT2D eigenvalue weighted by molar-refractivity contribution is 5.92. The SMILES string of the molecule is COc1ccc(OC)c(NC(=O)CC2CNCCO2)c1.Cl. The Hall–Kier alpha value is -1.50. The van der Waals surface area contributed by atoms with Crippen molar-refractivity contribution < 1.29 is 19.0 Å². The summed E-state index contributed by atoms with van der Waals surface area (Å²) in [4.78, 5) is 12.0. The molecule has 7 heteroatoms. The molecule has 1 aliphatic heterocycles. The Bertz CT molecular complexity index is 464. The van der Waals surface area contributed by atoms with Gasteiger partial charge in [0.1, 0.15) is 11.5 Å². The zero-order valence-corrected chi connectivity index (χ0v) is 13.0. The van der Waals surface area contributed by atoms with Crippen LogP contribution >= 0.6 is 12.4 Å². The third-order valence-corrected chi connectivity index (χ3v) is 3.10. The van der Waals surface area contributed by atoms with Gasteiger partial charge in [0.25, 0.3) is 0 Å². The number of hydrogen-bond acceptors (Lipinski definition) is 5. The molecule has 1 saturated heterocycles. The highest BCUT2D eigenvalue weighted by Crippen LogP contribution is 2.29. The molecule has 1 atom stereocenters. The Labute approximate surface area is 130 Å². The van der Waals surface area contributed by atoms with E-state index in [1.807, 2.05) is 0 Å². The summed E-state index contributed by atoms with van der Waals surface area (Å²) in [6.07, 6.45) is 0.230. The van der Waals surface area contributed by atoms with E-state index in [9.17, 15) is 4.79 Å². The van der Waals surface area contributed by atoms with Crippen LogP contribution in [0.2, 0.25) is 0 Å². The first-order chi connectivity index (χ1) is 9.72. The van der Waals surface area contributed by atoms with Gasteiger partial charge in [-0.25, -0.2) is 0 Å². The predicted octanol–water partition coefficient (Wildman–Crippen LogP) is 1.44. The van der Waals surface area contributed by atoms with Crippen LogP contribution in [0.25, 0.3) is 0 Å². The van der Waals surface area contributed by atoms with Crippen molar-refractivity contribution in [3.8, 4) is 11.5 Å². The molecule has 1 unspecified atom stereocenters. The van der Waals surface area contributed by atoms with E-state index in [0.717, 1.165) is 6.54 Å². The lowest BCUT2D eigenvalue weighted by Crippen LogP contribution is -2.40. The minimum absolute atomic E-state index is 0. The van der Waals surface area contributed by atoms with Gasteiger partial charge in [-0.15, -0.1) is 12.4 Å². The molecule has 21 heavy (non-hydrogen) atoms.